The molecule has 0 saturated carbocycles. The highest BCUT2D eigenvalue weighted by atomic mass is 35.5. The molecule has 3 aromatic rings. The molecule has 1 fully saturated rings. The first-order valence-corrected chi connectivity index (χ1v) is 10.9. The first kappa shape index (κ1) is 20.0. The average Bonchev–Trinajstić information content (AvgIpc) is 3.22. The van der Waals surface area contributed by atoms with Gasteiger partial charge >= 0.3 is 0 Å². The van der Waals surface area contributed by atoms with Crippen molar-refractivity contribution in [1.82, 2.24) is 0 Å². The second-order valence-corrected chi connectivity index (χ2v) is 8.82. The van der Waals surface area contributed by atoms with Gasteiger partial charge in [0.05, 0.1) is 18.0 Å². The van der Waals surface area contributed by atoms with Crippen molar-refractivity contribution < 1.29 is 18.4 Å². The van der Waals surface area contributed by atoms with Gasteiger partial charge in [-0.3, -0.25) is 14.5 Å². The van der Waals surface area contributed by atoms with Crippen molar-refractivity contribution in [3.05, 3.63) is 94.5 Å². The van der Waals surface area contributed by atoms with Crippen LogP contribution in [0.3, 0.4) is 0 Å². The number of hydrogen-bond acceptors (Lipinski definition) is 3. The molecule has 0 aliphatic carbocycles. The Labute approximate surface area is 186 Å². The van der Waals surface area contributed by atoms with Crippen LogP contribution in [0.2, 0.25) is 5.02 Å². The van der Waals surface area contributed by atoms with E-state index in [-0.39, 0.29) is 34.7 Å². The van der Waals surface area contributed by atoms with Gasteiger partial charge in [0, 0.05) is 21.8 Å². The summed E-state index contributed by atoms with van der Waals surface area (Å²) in [6.45, 7) is -0.0743. The molecule has 0 radical (unpaired) electrons. The van der Waals surface area contributed by atoms with E-state index in [0.29, 0.717) is 16.9 Å². The molecule has 1 unspecified atom stereocenters. The number of carbonyl (C=O) groups excluding carboxylic acids is 2. The van der Waals surface area contributed by atoms with E-state index in [1.807, 2.05) is 0 Å². The topological polar surface area (TPSA) is 40.6 Å². The number of nitrogens with zero attached hydrogens (tertiary/aromatic N) is 2. The molecule has 1 atom stereocenters. The summed E-state index contributed by atoms with van der Waals surface area (Å²) in [5.41, 5.74) is 1.84. The van der Waals surface area contributed by atoms with Crippen LogP contribution < -0.4 is 9.80 Å². The van der Waals surface area contributed by atoms with Crippen molar-refractivity contribution >= 4 is 46.6 Å². The highest BCUT2D eigenvalue weighted by Gasteiger charge is 2.61. The van der Waals surface area contributed by atoms with Gasteiger partial charge in [-0.05, 0) is 42.5 Å². The summed E-state index contributed by atoms with van der Waals surface area (Å²) >= 11 is 7.42. The van der Waals surface area contributed by atoms with Gasteiger partial charge in [-0.15, -0.1) is 11.8 Å². The maximum absolute atomic E-state index is 14.5. The van der Waals surface area contributed by atoms with Crippen molar-refractivity contribution in [2.24, 2.45) is 0 Å². The molecule has 2 aliphatic rings. The van der Waals surface area contributed by atoms with Gasteiger partial charge in [0.15, 0.2) is 0 Å². The number of amides is 2. The molecule has 4 nitrogen and oxygen atoms in total. The highest BCUT2D eigenvalue weighted by molar-refractivity contribution is 8.02. The number of thioether (sulfide) groups is 1. The number of para-hydroxylation sites is 1. The Morgan fingerprint density at radius 1 is 0.968 bits per heavy atom. The largest absolute Gasteiger partial charge is 0.304 e. The number of halogens is 3. The molecule has 0 aromatic heterocycles. The van der Waals surface area contributed by atoms with E-state index in [4.69, 9.17) is 11.6 Å². The minimum atomic E-state index is -1.34. The molecule has 5 rings (SSSR count). The molecular formula is C23H15ClF2N2O2S. The minimum Gasteiger partial charge on any atom is -0.304 e. The Bertz CT molecular complexity index is 1200. The number of fused-ring (bicyclic) bond motifs is 2. The van der Waals surface area contributed by atoms with E-state index in [1.165, 1.54) is 58.0 Å². The second-order valence-electron chi connectivity index (χ2n) is 7.25. The van der Waals surface area contributed by atoms with Gasteiger partial charge in [-0.25, -0.2) is 8.78 Å². The van der Waals surface area contributed by atoms with Crippen LogP contribution in [0, 0.1) is 11.6 Å². The van der Waals surface area contributed by atoms with Crippen LogP contribution >= 0.6 is 23.4 Å². The van der Waals surface area contributed by atoms with Crippen LogP contribution in [0.25, 0.3) is 0 Å². The summed E-state index contributed by atoms with van der Waals surface area (Å²) < 4.78 is 28.0. The number of carbonyl (C=O) groups is 2. The number of hydrogen-bond donors (Lipinski definition) is 0. The molecule has 1 saturated heterocycles. The van der Waals surface area contributed by atoms with Crippen LogP contribution in [0.15, 0.2) is 66.7 Å². The Morgan fingerprint density at radius 2 is 1.71 bits per heavy atom. The molecule has 3 aromatic carbocycles. The van der Waals surface area contributed by atoms with E-state index < -0.39 is 16.5 Å². The molecule has 2 amide bonds. The molecule has 8 heteroatoms. The van der Waals surface area contributed by atoms with Crippen LogP contribution in [-0.2, 0) is 21.0 Å². The third-order valence-electron chi connectivity index (χ3n) is 5.53. The zero-order valence-electron chi connectivity index (χ0n) is 16.0. The van der Waals surface area contributed by atoms with Crippen molar-refractivity contribution in [1.29, 1.82) is 0 Å². The Morgan fingerprint density at radius 3 is 2.45 bits per heavy atom. The summed E-state index contributed by atoms with van der Waals surface area (Å²) in [7, 11) is 0. The van der Waals surface area contributed by atoms with E-state index in [0.717, 1.165) is 0 Å². The lowest BCUT2D eigenvalue weighted by Gasteiger charge is -2.33. The summed E-state index contributed by atoms with van der Waals surface area (Å²) in [6.07, 6.45) is 0. The fourth-order valence-corrected chi connectivity index (χ4v) is 5.73. The number of anilines is 2. The maximum Gasteiger partial charge on any atom is 0.269 e. The lowest BCUT2D eigenvalue weighted by atomic mass is 10.0. The van der Waals surface area contributed by atoms with E-state index >= 15 is 0 Å². The minimum absolute atomic E-state index is 0.0743. The summed E-state index contributed by atoms with van der Waals surface area (Å²) in [5.74, 6) is -1.49. The molecule has 0 N–H and O–H groups in total. The predicted molar refractivity (Wildman–Crippen MR) is 117 cm³/mol. The third-order valence-corrected chi connectivity index (χ3v) is 7.27. The van der Waals surface area contributed by atoms with Crippen LogP contribution in [-0.4, -0.2) is 17.6 Å². The third kappa shape index (κ3) is 2.95. The predicted octanol–water partition coefficient (Wildman–Crippen LogP) is 5.10. The van der Waals surface area contributed by atoms with Crippen LogP contribution in [0.4, 0.5) is 20.2 Å². The van der Waals surface area contributed by atoms with Gasteiger partial charge in [-0.2, -0.15) is 0 Å². The lowest BCUT2D eigenvalue weighted by Crippen LogP contribution is -2.49. The van der Waals surface area contributed by atoms with Crippen molar-refractivity contribution in [3.8, 4) is 0 Å². The number of benzene rings is 3. The van der Waals surface area contributed by atoms with Gasteiger partial charge in [0.1, 0.15) is 11.6 Å². The van der Waals surface area contributed by atoms with Crippen molar-refractivity contribution in [2.75, 3.05) is 15.6 Å². The molecule has 0 bridgehead atoms. The zero-order chi connectivity index (χ0) is 21.8. The first-order valence-electron chi connectivity index (χ1n) is 9.50. The average molecular weight is 457 g/mol. The van der Waals surface area contributed by atoms with Crippen LogP contribution in [0.5, 0.6) is 0 Å². The van der Waals surface area contributed by atoms with Gasteiger partial charge in [0.25, 0.3) is 5.91 Å². The maximum atomic E-state index is 14.5. The monoisotopic (exact) mass is 456 g/mol. The molecular weight excluding hydrogens is 442 g/mol. The van der Waals surface area contributed by atoms with E-state index in [9.17, 15) is 18.4 Å². The zero-order valence-corrected chi connectivity index (χ0v) is 17.6. The highest BCUT2D eigenvalue weighted by Crippen LogP contribution is 2.56. The van der Waals surface area contributed by atoms with E-state index in [2.05, 4.69) is 0 Å². The first-order chi connectivity index (χ1) is 14.9. The lowest BCUT2D eigenvalue weighted by molar-refractivity contribution is -0.123. The normalized spacial score (nSPS) is 20.1. The standard InChI is InChI=1S/C23H15ClF2N2O2S/c24-18-5-3-6-19(26)16(18)12-27-20-7-2-1-4-17(20)23(22(27)30)28(21(29)13-31-23)15-10-8-14(25)9-11-15/h1-11H,12-13H2. The van der Waals surface area contributed by atoms with Crippen LogP contribution in [0.1, 0.15) is 11.1 Å². The van der Waals surface area contributed by atoms with E-state index in [1.54, 1.807) is 30.3 Å². The van der Waals surface area contributed by atoms with Gasteiger partial charge in [-0.1, -0.05) is 35.9 Å². The Hall–Kier alpha value is -2.90. The molecule has 2 aliphatic heterocycles. The summed E-state index contributed by atoms with van der Waals surface area (Å²) in [4.78, 5) is 28.3. The smallest absolute Gasteiger partial charge is 0.269 e. The second kappa shape index (κ2) is 7.35. The fraction of sp³-hybridized carbons (Fsp3) is 0.130. The van der Waals surface area contributed by atoms with Crippen molar-refractivity contribution in [3.63, 3.8) is 0 Å². The van der Waals surface area contributed by atoms with Crippen molar-refractivity contribution in [2.45, 2.75) is 11.4 Å². The summed E-state index contributed by atoms with van der Waals surface area (Å²) in [5, 5.41) is 0.219. The van der Waals surface area contributed by atoms with Gasteiger partial charge in [0.2, 0.25) is 10.8 Å². The number of rotatable bonds is 3. The molecule has 156 valence electrons. The Kier molecular flexibility index (Phi) is 4.75. The molecule has 31 heavy (non-hydrogen) atoms. The summed E-state index contributed by atoms with van der Waals surface area (Å²) in [6, 6.07) is 17.0. The van der Waals surface area contributed by atoms with Gasteiger partial charge < -0.3 is 4.90 Å². The quantitative estimate of drug-likeness (QED) is 0.550. The fourth-order valence-electron chi connectivity index (χ4n) is 4.14. The Balaban J connectivity index is 1.65. The molecule has 2 heterocycles. The molecule has 1 spiro atoms. The SMILES string of the molecule is O=C1CSC2(C(=O)N(Cc3c(F)cccc3Cl)c3ccccc32)N1c1ccc(F)cc1.